The van der Waals surface area contributed by atoms with Crippen LogP contribution in [0.5, 0.6) is 0 Å². The van der Waals surface area contributed by atoms with Crippen molar-refractivity contribution in [1.29, 1.82) is 0 Å². The second kappa shape index (κ2) is 8.28. The van der Waals surface area contributed by atoms with Crippen LogP contribution in [0.2, 0.25) is 0 Å². The van der Waals surface area contributed by atoms with Crippen LogP contribution < -0.4 is 4.31 Å². The van der Waals surface area contributed by atoms with E-state index in [4.69, 9.17) is 4.74 Å². The van der Waals surface area contributed by atoms with Crippen molar-refractivity contribution in [1.82, 2.24) is 0 Å². The lowest BCUT2D eigenvalue weighted by Crippen LogP contribution is -2.46. The molecule has 33 heavy (non-hydrogen) atoms. The third kappa shape index (κ3) is 3.79. The molecule has 3 atom stereocenters. The zero-order chi connectivity index (χ0) is 23.2. The number of anilines is 1. The van der Waals surface area contributed by atoms with Gasteiger partial charge in [-0.3, -0.25) is 14.4 Å². The number of ether oxygens (including phenoxy) is 1. The van der Waals surface area contributed by atoms with E-state index in [1.807, 2.05) is 37.3 Å². The summed E-state index contributed by atoms with van der Waals surface area (Å²) in [5, 5.41) is 11.3. The van der Waals surface area contributed by atoms with Gasteiger partial charge in [-0.1, -0.05) is 48.0 Å². The fourth-order valence-electron chi connectivity index (χ4n) is 5.02. The molecule has 8 heteroatoms. The van der Waals surface area contributed by atoms with E-state index in [9.17, 15) is 18.5 Å². The number of fused-ring (bicyclic) bond motifs is 3. The summed E-state index contributed by atoms with van der Waals surface area (Å²) >= 11 is 0. The van der Waals surface area contributed by atoms with Crippen molar-refractivity contribution in [2.24, 2.45) is 5.92 Å². The maximum atomic E-state index is 13.7. The first-order chi connectivity index (χ1) is 15.9. The Morgan fingerprint density at radius 1 is 1.03 bits per heavy atom. The summed E-state index contributed by atoms with van der Waals surface area (Å²) in [5.74, 6) is -0.0699. The van der Waals surface area contributed by atoms with Gasteiger partial charge in [0.2, 0.25) is 0 Å². The van der Waals surface area contributed by atoms with Crippen LogP contribution in [0.15, 0.2) is 77.7 Å². The number of non-ortho nitro benzene ring substituents is 1. The van der Waals surface area contributed by atoms with Crippen LogP contribution in [0.25, 0.3) is 0 Å². The van der Waals surface area contributed by atoms with E-state index in [2.05, 4.69) is 0 Å². The Hall–Kier alpha value is -3.23. The SMILES string of the molecule is Cc1ccc(S(=O)(=O)N2CC3C(CCOC3c3cccc([N+](=O)[O-])c3)c3ccccc32)cc1. The zero-order valence-electron chi connectivity index (χ0n) is 18.1. The van der Waals surface area contributed by atoms with Gasteiger partial charge in [0.25, 0.3) is 15.7 Å². The summed E-state index contributed by atoms with van der Waals surface area (Å²) < 4.78 is 35.0. The van der Waals surface area contributed by atoms with Crippen LogP contribution in [0.1, 0.15) is 35.1 Å². The lowest BCUT2D eigenvalue weighted by atomic mass is 9.74. The van der Waals surface area contributed by atoms with Crippen molar-refractivity contribution < 1.29 is 18.1 Å². The second-order valence-electron chi connectivity index (χ2n) is 8.61. The van der Waals surface area contributed by atoms with Crippen molar-refractivity contribution in [3.63, 3.8) is 0 Å². The summed E-state index contributed by atoms with van der Waals surface area (Å²) in [6.07, 6.45) is 0.332. The van der Waals surface area contributed by atoms with Gasteiger partial charge in [0, 0.05) is 31.2 Å². The van der Waals surface area contributed by atoms with Crippen LogP contribution in [-0.2, 0) is 14.8 Å². The fraction of sp³-hybridized carbons (Fsp3) is 0.280. The summed E-state index contributed by atoms with van der Waals surface area (Å²) in [5.41, 5.74) is 3.35. The zero-order valence-corrected chi connectivity index (χ0v) is 18.9. The number of nitro benzene ring substituents is 1. The molecule has 0 bridgehead atoms. The lowest BCUT2D eigenvalue weighted by molar-refractivity contribution is -0.385. The minimum atomic E-state index is -3.80. The Morgan fingerprint density at radius 3 is 2.55 bits per heavy atom. The highest BCUT2D eigenvalue weighted by atomic mass is 32.2. The van der Waals surface area contributed by atoms with Gasteiger partial charge >= 0.3 is 0 Å². The quantitative estimate of drug-likeness (QED) is 0.402. The normalized spacial score (nSPS) is 22.3. The van der Waals surface area contributed by atoms with E-state index in [0.717, 1.165) is 17.5 Å². The number of nitro groups is 1. The summed E-state index contributed by atoms with van der Waals surface area (Å²) in [6.45, 7) is 2.67. The second-order valence-corrected chi connectivity index (χ2v) is 10.5. The number of para-hydroxylation sites is 1. The number of rotatable bonds is 4. The molecule has 7 nitrogen and oxygen atoms in total. The van der Waals surface area contributed by atoms with Crippen molar-refractivity contribution in [2.45, 2.75) is 30.3 Å². The molecule has 0 saturated carbocycles. The van der Waals surface area contributed by atoms with E-state index >= 15 is 0 Å². The maximum Gasteiger partial charge on any atom is 0.269 e. The Morgan fingerprint density at radius 2 is 1.79 bits per heavy atom. The smallest absolute Gasteiger partial charge is 0.269 e. The molecule has 0 aromatic heterocycles. The van der Waals surface area contributed by atoms with Gasteiger partial charge in [0.15, 0.2) is 0 Å². The minimum Gasteiger partial charge on any atom is -0.373 e. The van der Waals surface area contributed by atoms with Crippen LogP contribution in [0.3, 0.4) is 0 Å². The molecule has 170 valence electrons. The number of benzene rings is 3. The van der Waals surface area contributed by atoms with Crippen molar-refractivity contribution in [3.8, 4) is 0 Å². The lowest BCUT2D eigenvalue weighted by Gasteiger charge is -2.46. The Bertz CT molecular complexity index is 1310. The van der Waals surface area contributed by atoms with Crippen LogP contribution in [0, 0.1) is 23.0 Å². The predicted octanol–water partition coefficient (Wildman–Crippen LogP) is 4.97. The molecule has 1 saturated heterocycles. The number of hydrogen-bond acceptors (Lipinski definition) is 5. The molecule has 2 aliphatic heterocycles. The topological polar surface area (TPSA) is 89.8 Å². The molecule has 0 spiro atoms. The monoisotopic (exact) mass is 464 g/mol. The Kier molecular flexibility index (Phi) is 5.42. The third-order valence-electron chi connectivity index (χ3n) is 6.63. The minimum absolute atomic E-state index is 0.00133. The summed E-state index contributed by atoms with van der Waals surface area (Å²) in [4.78, 5) is 11.1. The van der Waals surface area contributed by atoms with E-state index in [1.165, 1.54) is 16.4 Å². The number of aryl methyl sites for hydroxylation is 1. The van der Waals surface area contributed by atoms with Crippen LogP contribution in [-0.4, -0.2) is 26.5 Å². The summed E-state index contributed by atoms with van der Waals surface area (Å²) in [6, 6.07) is 20.9. The van der Waals surface area contributed by atoms with E-state index in [-0.39, 0.29) is 29.0 Å². The average Bonchev–Trinajstić information content (AvgIpc) is 2.83. The van der Waals surface area contributed by atoms with E-state index in [1.54, 1.807) is 30.3 Å². The molecular weight excluding hydrogens is 440 g/mol. The highest BCUT2D eigenvalue weighted by Gasteiger charge is 2.45. The van der Waals surface area contributed by atoms with Gasteiger partial charge in [0.05, 0.1) is 21.6 Å². The Labute approximate surface area is 192 Å². The number of hydrogen-bond donors (Lipinski definition) is 0. The third-order valence-corrected chi connectivity index (χ3v) is 8.43. The van der Waals surface area contributed by atoms with Crippen molar-refractivity contribution in [2.75, 3.05) is 17.5 Å². The molecule has 3 unspecified atom stereocenters. The van der Waals surface area contributed by atoms with Gasteiger partial charge in [-0.25, -0.2) is 8.42 Å². The Balaban J connectivity index is 1.60. The molecule has 0 N–H and O–H groups in total. The van der Waals surface area contributed by atoms with E-state index < -0.39 is 21.1 Å². The first-order valence-corrected chi connectivity index (χ1v) is 12.3. The molecule has 0 radical (unpaired) electrons. The molecule has 2 aliphatic rings. The number of sulfonamides is 1. The highest BCUT2D eigenvalue weighted by Crippen LogP contribution is 2.50. The maximum absolute atomic E-state index is 13.7. The predicted molar refractivity (Wildman–Crippen MR) is 125 cm³/mol. The first-order valence-electron chi connectivity index (χ1n) is 10.9. The molecule has 3 aromatic rings. The summed E-state index contributed by atoms with van der Waals surface area (Å²) in [7, 11) is -3.80. The van der Waals surface area contributed by atoms with Gasteiger partial charge in [0.1, 0.15) is 0 Å². The fourth-order valence-corrected chi connectivity index (χ4v) is 6.55. The van der Waals surface area contributed by atoms with Gasteiger partial charge in [-0.2, -0.15) is 0 Å². The molecule has 0 amide bonds. The highest BCUT2D eigenvalue weighted by molar-refractivity contribution is 7.92. The standard InChI is InChI=1S/C25H24N2O5S/c1-17-9-11-20(12-10-17)33(30,31)26-16-23-21(22-7-2-3-8-24(22)26)13-14-32-25(23)18-5-4-6-19(15-18)27(28)29/h2-12,15,21,23,25H,13-14,16H2,1H3. The molecule has 2 heterocycles. The van der Waals surface area contributed by atoms with Crippen LogP contribution in [0.4, 0.5) is 11.4 Å². The van der Waals surface area contributed by atoms with Crippen LogP contribution >= 0.6 is 0 Å². The van der Waals surface area contributed by atoms with Gasteiger partial charge < -0.3 is 4.74 Å². The molecular formula is C25H24N2O5S. The molecule has 5 rings (SSSR count). The largest absolute Gasteiger partial charge is 0.373 e. The van der Waals surface area contributed by atoms with Gasteiger partial charge in [-0.05, 0) is 48.6 Å². The van der Waals surface area contributed by atoms with Crippen molar-refractivity contribution in [3.05, 3.63) is 99.6 Å². The average molecular weight is 465 g/mol. The van der Waals surface area contributed by atoms with E-state index in [0.29, 0.717) is 17.9 Å². The number of nitrogens with zero attached hydrogens (tertiary/aromatic N) is 2. The first kappa shape index (κ1) is 21.6. The van der Waals surface area contributed by atoms with Gasteiger partial charge in [-0.15, -0.1) is 0 Å². The molecule has 3 aromatic carbocycles. The molecule has 1 fully saturated rings. The van der Waals surface area contributed by atoms with Crippen molar-refractivity contribution >= 4 is 21.4 Å². The molecule has 0 aliphatic carbocycles.